The summed E-state index contributed by atoms with van der Waals surface area (Å²) in [4.78, 5) is 24.9. The Labute approximate surface area is 156 Å². The quantitative estimate of drug-likeness (QED) is 0.462. The summed E-state index contributed by atoms with van der Waals surface area (Å²) >= 11 is 0. The normalized spacial score (nSPS) is 18.4. The molecule has 0 bridgehead atoms. The number of anilines is 1. The second kappa shape index (κ2) is 6.90. The van der Waals surface area contributed by atoms with Crippen molar-refractivity contribution in [1.82, 2.24) is 0 Å². The zero-order valence-corrected chi connectivity index (χ0v) is 15.0. The number of nitrogens with zero attached hydrogens (tertiary/aromatic N) is 2. The van der Waals surface area contributed by atoms with E-state index in [1.807, 2.05) is 23.1 Å². The fourth-order valence-electron chi connectivity index (χ4n) is 3.80. The van der Waals surface area contributed by atoms with Crippen LogP contribution in [0.4, 0.5) is 11.4 Å². The molecule has 0 aromatic heterocycles. The van der Waals surface area contributed by atoms with Crippen molar-refractivity contribution >= 4 is 17.2 Å². The van der Waals surface area contributed by atoms with Crippen molar-refractivity contribution < 1.29 is 19.2 Å². The van der Waals surface area contributed by atoms with Gasteiger partial charge in [0.25, 0.3) is 5.69 Å². The maximum Gasteiger partial charge on any atom is 0.293 e. The van der Waals surface area contributed by atoms with E-state index < -0.39 is 4.92 Å². The van der Waals surface area contributed by atoms with Gasteiger partial charge in [-0.25, -0.2) is 0 Å². The van der Waals surface area contributed by atoms with Gasteiger partial charge in [-0.2, -0.15) is 0 Å². The predicted octanol–water partition coefficient (Wildman–Crippen LogP) is 3.91. The lowest BCUT2D eigenvalue weighted by Crippen LogP contribution is -2.24. The molecule has 2 aliphatic rings. The number of Topliss-reactive ketones (excluding diaryl/α,β-unsaturated/α-hetero) is 1. The Kier molecular flexibility index (Phi) is 4.43. The first-order valence-electron chi connectivity index (χ1n) is 9.00. The minimum Gasteiger partial charge on any atom is -0.486 e. The van der Waals surface area contributed by atoms with Gasteiger partial charge >= 0.3 is 0 Å². The van der Waals surface area contributed by atoms with E-state index in [9.17, 15) is 14.9 Å². The van der Waals surface area contributed by atoms with Crippen molar-refractivity contribution in [3.05, 3.63) is 57.6 Å². The molecular weight excluding hydrogens is 348 g/mol. The monoisotopic (exact) mass is 368 g/mol. The summed E-state index contributed by atoms with van der Waals surface area (Å²) in [5.74, 6) is 1.26. The third kappa shape index (κ3) is 3.20. The molecule has 2 heterocycles. The highest BCUT2D eigenvalue weighted by Gasteiger charge is 2.32. The Morgan fingerprint density at radius 1 is 1.15 bits per heavy atom. The number of ketones is 1. The summed E-state index contributed by atoms with van der Waals surface area (Å²) in [5, 5.41) is 11.6. The smallest absolute Gasteiger partial charge is 0.293 e. The lowest BCUT2D eigenvalue weighted by atomic mass is 10.0. The molecule has 0 amide bonds. The number of ether oxygens (including phenoxy) is 2. The van der Waals surface area contributed by atoms with Gasteiger partial charge in [0.1, 0.15) is 18.9 Å². The highest BCUT2D eigenvalue weighted by atomic mass is 16.6. The van der Waals surface area contributed by atoms with Crippen LogP contribution in [0.1, 0.15) is 41.7 Å². The number of benzene rings is 2. The van der Waals surface area contributed by atoms with Gasteiger partial charge in [0.2, 0.25) is 0 Å². The van der Waals surface area contributed by atoms with Gasteiger partial charge in [-0.1, -0.05) is 6.07 Å². The molecular formula is C20H20N2O5. The molecule has 0 spiro atoms. The number of carbonyl (C=O) groups is 1. The van der Waals surface area contributed by atoms with Gasteiger partial charge in [0.05, 0.1) is 11.0 Å². The number of rotatable bonds is 4. The van der Waals surface area contributed by atoms with Crippen LogP contribution < -0.4 is 14.4 Å². The minimum absolute atomic E-state index is 0.0164. The fourth-order valence-corrected chi connectivity index (χ4v) is 3.80. The first-order valence-corrected chi connectivity index (χ1v) is 9.00. The van der Waals surface area contributed by atoms with Gasteiger partial charge in [0.15, 0.2) is 17.3 Å². The second-order valence-corrected chi connectivity index (χ2v) is 6.77. The first kappa shape index (κ1) is 17.3. The van der Waals surface area contributed by atoms with Crippen molar-refractivity contribution in [2.24, 2.45) is 0 Å². The summed E-state index contributed by atoms with van der Waals surface area (Å²) in [6.07, 6.45) is 1.83. The van der Waals surface area contributed by atoms with E-state index in [4.69, 9.17) is 9.47 Å². The van der Waals surface area contributed by atoms with Crippen molar-refractivity contribution in [3.8, 4) is 11.5 Å². The van der Waals surface area contributed by atoms with E-state index in [1.165, 1.54) is 13.0 Å². The molecule has 1 saturated heterocycles. The third-order valence-corrected chi connectivity index (χ3v) is 5.09. The molecule has 1 unspecified atom stereocenters. The van der Waals surface area contributed by atoms with Crippen LogP contribution >= 0.6 is 0 Å². The van der Waals surface area contributed by atoms with E-state index in [0.29, 0.717) is 30.2 Å². The summed E-state index contributed by atoms with van der Waals surface area (Å²) < 4.78 is 11.3. The van der Waals surface area contributed by atoms with E-state index in [-0.39, 0.29) is 17.5 Å². The lowest BCUT2D eigenvalue weighted by Gasteiger charge is -2.28. The van der Waals surface area contributed by atoms with Crippen molar-refractivity contribution in [2.75, 3.05) is 24.7 Å². The average Bonchev–Trinajstić information content (AvgIpc) is 3.16. The van der Waals surface area contributed by atoms with Gasteiger partial charge in [-0.3, -0.25) is 14.9 Å². The molecule has 140 valence electrons. The molecule has 0 saturated carbocycles. The van der Waals surface area contributed by atoms with E-state index in [0.717, 1.165) is 30.7 Å². The SMILES string of the molecule is CC(=O)c1ccc(N2CCCC2c2ccc3c(c2)OCCO3)c([N+](=O)[O-])c1. The highest BCUT2D eigenvalue weighted by Crippen LogP contribution is 2.43. The van der Waals surface area contributed by atoms with Crippen LogP contribution in [0.5, 0.6) is 11.5 Å². The summed E-state index contributed by atoms with van der Waals surface area (Å²) in [6, 6.07) is 10.6. The minimum atomic E-state index is -0.416. The largest absolute Gasteiger partial charge is 0.486 e. The topological polar surface area (TPSA) is 81.9 Å². The van der Waals surface area contributed by atoms with Crippen LogP contribution in [-0.2, 0) is 0 Å². The van der Waals surface area contributed by atoms with Gasteiger partial charge in [-0.05, 0) is 49.6 Å². The van der Waals surface area contributed by atoms with Crippen LogP contribution in [0.25, 0.3) is 0 Å². The van der Waals surface area contributed by atoms with E-state index in [2.05, 4.69) is 0 Å². The number of fused-ring (bicyclic) bond motifs is 1. The average molecular weight is 368 g/mol. The summed E-state index contributed by atoms with van der Waals surface area (Å²) in [5.41, 5.74) is 1.90. The molecule has 2 aliphatic heterocycles. The van der Waals surface area contributed by atoms with Gasteiger partial charge in [0, 0.05) is 18.2 Å². The summed E-state index contributed by atoms with van der Waals surface area (Å²) in [6.45, 7) is 3.19. The van der Waals surface area contributed by atoms with Gasteiger partial charge in [-0.15, -0.1) is 0 Å². The maximum atomic E-state index is 11.6. The molecule has 2 aromatic carbocycles. The molecule has 4 rings (SSSR count). The van der Waals surface area contributed by atoms with Crippen LogP contribution in [0.3, 0.4) is 0 Å². The number of nitro benzene ring substituents is 1. The zero-order valence-electron chi connectivity index (χ0n) is 15.0. The van der Waals surface area contributed by atoms with E-state index >= 15 is 0 Å². The lowest BCUT2D eigenvalue weighted by molar-refractivity contribution is -0.384. The first-order chi connectivity index (χ1) is 13.0. The van der Waals surface area contributed by atoms with Crippen molar-refractivity contribution in [1.29, 1.82) is 0 Å². The van der Waals surface area contributed by atoms with Crippen LogP contribution in [0, 0.1) is 10.1 Å². The van der Waals surface area contributed by atoms with E-state index in [1.54, 1.807) is 12.1 Å². The number of hydrogen-bond acceptors (Lipinski definition) is 6. The molecule has 7 nitrogen and oxygen atoms in total. The van der Waals surface area contributed by atoms with Crippen LogP contribution in [0.2, 0.25) is 0 Å². The summed E-state index contributed by atoms with van der Waals surface area (Å²) in [7, 11) is 0. The fraction of sp³-hybridized carbons (Fsp3) is 0.350. The Bertz CT molecular complexity index is 911. The Balaban J connectivity index is 1.71. The van der Waals surface area contributed by atoms with Crippen LogP contribution in [-0.4, -0.2) is 30.5 Å². The standard InChI is InChI=1S/C20H20N2O5/c1-13(23)14-4-6-17(18(11-14)22(24)25)21-8-2-3-16(21)15-5-7-19-20(12-15)27-10-9-26-19/h4-7,11-12,16H,2-3,8-10H2,1H3. The molecule has 1 fully saturated rings. The number of nitro groups is 1. The molecule has 1 atom stereocenters. The highest BCUT2D eigenvalue weighted by molar-refractivity contribution is 5.95. The Morgan fingerprint density at radius 2 is 1.93 bits per heavy atom. The zero-order chi connectivity index (χ0) is 19.0. The molecule has 0 radical (unpaired) electrons. The Hall–Kier alpha value is -3.09. The van der Waals surface area contributed by atoms with Crippen LogP contribution in [0.15, 0.2) is 36.4 Å². The second-order valence-electron chi connectivity index (χ2n) is 6.77. The third-order valence-electron chi connectivity index (χ3n) is 5.09. The van der Waals surface area contributed by atoms with Gasteiger partial charge < -0.3 is 14.4 Å². The molecule has 27 heavy (non-hydrogen) atoms. The van der Waals surface area contributed by atoms with Crippen molar-refractivity contribution in [2.45, 2.75) is 25.8 Å². The number of carbonyl (C=O) groups excluding carboxylic acids is 1. The Morgan fingerprint density at radius 3 is 2.67 bits per heavy atom. The number of hydrogen-bond donors (Lipinski definition) is 0. The van der Waals surface area contributed by atoms with Crippen molar-refractivity contribution in [3.63, 3.8) is 0 Å². The molecule has 7 heteroatoms. The molecule has 0 aliphatic carbocycles. The molecule has 0 N–H and O–H groups in total. The molecule has 2 aromatic rings. The predicted molar refractivity (Wildman–Crippen MR) is 99.9 cm³/mol. The maximum absolute atomic E-state index is 11.6.